The molecule has 0 saturated heterocycles. The monoisotopic (exact) mass is 421 g/mol. The van der Waals surface area contributed by atoms with Crippen LogP contribution >= 0.6 is 0 Å². The van der Waals surface area contributed by atoms with Gasteiger partial charge in [-0.15, -0.1) is 0 Å². The first-order valence-corrected chi connectivity index (χ1v) is 9.99. The maximum absolute atomic E-state index is 15.8. The Hall–Kier alpha value is -2.62. The third kappa shape index (κ3) is 2.96. The maximum Gasteiger partial charge on any atom is 0.307 e. The van der Waals surface area contributed by atoms with Gasteiger partial charge in [0.05, 0.1) is 11.6 Å². The molecule has 0 heterocycles. The van der Waals surface area contributed by atoms with Crippen molar-refractivity contribution in [3.05, 3.63) is 58.4 Å². The summed E-state index contributed by atoms with van der Waals surface area (Å²) in [5, 5.41) is 8.99. The lowest BCUT2D eigenvalue weighted by atomic mass is 9.75. The Morgan fingerprint density at radius 1 is 1.13 bits per heavy atom. The second-order valence-electron chi connectivity index (χ2n) is 7.97. The second-order valence-corrected chi connectivity index (χ2v) is 7.97. The lowest BCUT2D eigenvalue weighted by molar-refractivity contribution is -0.149. The predicted octanol–water partition coefficient (Wildman–Crippen LogP) is 7.38. The number of hydrogen-bond acceptors (Lipinski definition) is 2. The molecule has 0 N–H and O–H groups in total. The van der Waals surface area contributed by atoms with E-state index < -0.39 is 35.1 Å². The summed E-state index contributed by atoms with van der Waals surface area (Å²) in [5.41, 5.74) is -3.38. The van der Waals surface area contributed by atoms with Gasteiger partial charge in [-0.2, -0.15) is 14.0 Å². The number of alkyl halides is 4. The van der Waals surface area contributed by atoms with E-state index in [0.29, 0.717) is 12.8 Å². The minimum Gasteiger partial charge on any atom is -0.457 e. The Balaban J connectivity index is 1.83. The van der Waals surface area contributed by atoms with Gasteiger partial charge in [-0.25, -0.2) is 13.2 Å². The zero-order chi connectivity index (χ0) is 21.7. The van der Waals surface area contributed by atoms with Crippen molar-refractivity contribution in [2.75, 3.05) is 0 Å². The van der Waals surface area contributed by atoms with E-state index in [2.05, 4.69) is 0 Å². The Bertz CT molecular complexity index is 1030. The van der Waals surface area contributed by atoms with Gasteiger partial charge in [-0.3, -0.25) is 0 Å². The maximum atomic E-state index is 15.8. The lowest BCUT2D eigenvalue weighted by Crippen LogP contribution is -2.41. The average Bonchev–Trinajstić information content (AvgIpc) is 2.87. The van der Waals surface area contributed by atoms with E-state index >= 15 is 13.2 Å². The molecule has 2 nitrogen and oxygen atoms in total. The van der Waals surface area contributed by atoms with Gasteiger partial charge in [0.15, 0.2) is 5.67 Å². The van der Waals surface area contributed by atoms with Crippen LogP contribution in [0.15, 0.2) is 30.3 Å². The van der Waals surface area contributed by atoms with Crippen LogP contribution in [0.25, 0.3) is 0 Å². The summed E-state index contributed by atoms with van der Waals surface area (Å²) in [6.45, 7) is 1.80. The number of nitrogens with zero attached hydrogens (tertiary/aromatic N) is 1. The first-order chi connectivity index (χ1) is 14.2. The number of nitriles is 1. The summed E-state index contributed by atoms with van der Waals surface area (Å²) in [4.78, 5) is 0. The van der Waals surface area contributed by atoms with Crippen LogP contribution in [0.5, 0.6) is 11.5 Å². The SMILES string of the molecule is CCCCC1(F)C2CC[C@H](F)c3c(Oc4cc(F)cc(C#N)c4)ccc(c32)C1(F)F. The van der Waals surface area contributed by atoms with Gasteiger partial charge >= 0.3 is 5.92 Å². The third-order valence-corrected chi connectivity index (χ3v) is 6.15. The summed E-state index contributed by atoms with van der Waals surface area (Å²) in [5.74, 6) is -5.69. The molecular formula is C23H20F5NO. The molecule has 0 bridgehead atoms. The molecule has 2 unspecified atom stereocenters. The molecule has 158 valence electrons. The number of hydrogen-bond donors (Lipinski definition) is 0. The molecule has 3 atom stereocenters. The van der Waals surface area contributed by atoms with Crippen molar-refractivity contribution < 1.29 is 26.7 Å². The smallest absolute Gasteiger partial charge is 0.307 e. The highest BCUT2D eigenvalue weighted by molar-refractivity contribution is 5.58. The first kappa shape index (κ1) is 20.6. The summed E-state index contributed by atoms with van der Waals surface area (Å²) in [6, 6.07) is 7.35. The minimum atomic E-state index is -3.73. The van der Waals surface area contributed by atoms with Crippen molar-refractivity contribution in [1.29, 1.82) is 5.26 Å². The Labute approximate surface area is 171 Å². The Morgan fingerprint density at radius 3 is 2.60 bits per heavy atom. The molecule has 0 saturated carbocycles. The zero-order valence-electron chi connectivity index (χ0n) is 16.3. The van der Waals surface area contributed by atoms with Crippen LogP contribution in [0, 0.1) is 17.1 Å². The van der Waals surface area contributed by atoms with Gasteiger partial charge in [0.1, 0.15) is 23.5 Å². The van der Waals surface area contributed by atoms with Crippen LogP contribution < -0.4 is 4.74 Å². The van der Waals surface area contributed by atoms with Crippen LogP contribution in [-0.2, 0) is 5.92 Å². The number of ether oxygens (including phenoxy) is 1. The highest BCUT2D eigenvalue weighted by Gasteiger charge is 2.67. The van der Waals surface area contributed by atoms with Crippen LogP contribution in [0.2, 0.25) is 0 Å². The quantitative estimate of drug-likeness (QED) is 0.472. The van der Waals surface area contributed by atoms with Gasteiger partial charge in [-0.1, -0.05) is 19.8 Å². The van der Waals surface area contributed by atoms with E-state index in [1.807, 2.05) is 0 Å². The zero-order valence-corrected chi connectivity index (χ0v) is 16.3. The highest BCUT2D eigenvalue weighted by atomic mass is 19.3. The van der Waals surface area contributed by atoms with Crippen molar-refractivity contribution in [2.24, 2.45) is 0 Å². The van der Waals surface area contributed by atoms with Gasteiger partial charge in [0.2, 0.25) is 0 Å². The summed E-state index contributed by atoms with van der Waals surface area (Å²) < 4.78 is 80.4. The van der Waals surface area contributed by atoms with Crippen LogP contribution in [0.4, 0.5) is 22.0 Å². The molecule has 0 aromatic heterocycles. The van der Waals surface area contributed by atoms with Crippen molar-refractivity contribution in [1.82, 2.24) is 0 Å². The van der Waals surface area contributed by atoms with E-state index in [4.69, 9.17) is 10.00 Å². The first-order valence-electron chi connectivity index (χ1n) is 9.99. The molecule has 2 aliphatic rings. The molecule has 4 rings (SSSR count). The fraction of sp³-hybridized carbons (Fsp3) is 0.435. The summed E-state index contributed by atoms with van der Waals surface area (Å²) in [6.07, 6.45) is -1.15. The predicted molar refractivity (Wildman–Crippen MR) is 101 cm³/mol. The lowest BCUT2D eigenvalue weighted by Gasteiger charge is -2.35. The summed E-state index contributed by atoms with van der Waals surface area (Å²) >= 11 is 0. The normalized spacial score (nSPS) is 26.2. The Kier molecular flexibility index (Phi) is 5.00. The van der Waals surface area contributed by atoms with Gasteiger partial charge in [0.25, 0.3) is 0 Å². The minimum absolute atomic E-state index is 0.00310. The van der Waals surface area contributed by atoms with Gasteiger partial charge < -0.3 is 4.74 Å². The molecule has 0 spiro atoms. The molecule has 2 aromatic rings. The fourth-order valence-corrected chi connectivity index (χ4v) is 4.76. The third-order valence-electron chi connectivity index (χ3n) is 6.15. The van der Waals surface area contributed by atoms with E-state index in [1.54, 1.807) is 13.0 Å². The average molecular weight is 421 g/mol. The van der Waals surface area contributed by atoms with Crippen molar-refractivity contribution in [3.8, 4) is 17.6 Å². The van der Waals surface area contributed by atoms with Crippen LogP contribution in [0.3, 0.4) is 0 Å². The molecular weight excluding hydrogens is 401 g/mol. The van der Waals surface area contributed by atoms with Gasteiger partial charge in [0, 0.05) is 23.1 Å². The number of halogens is 5. The highest BCUT2D eigenvalue weighted by Crippen LogP contribution is 2.65. The number of rotatable bonds is 5. The summed E-state index contributed by atoms with van der Waals surface area (Å²) in [7, 11) is 0. The van der Waals surface area contributed by atoms with E-state index in [-0.39, 0.29) is 47.5 Å². The van der Waals surface area contributed by atoms with Gasteiger partial charge in [-0.05, 0) is 49.1 Å². The molecule has 0 aliphatic heterocycles. The standard InChI is InChI=1S/C23H20F5NO/c1-2-3-8-22(26)16-4-6-18(25)21-19(7-5-17(20(16)21)23(22,27)28)30-15-10-13(12-29)9-14(24)11-15/h5,7,9-11,16,18H,2-4,6,8H2,1H3/t16?,18-,22?/m0/s1. The Morgan fingerprint density at radius 2 is 1.90 bits per heavy atom. The van der Waals surface area contributed by atoms with E-state index in [1.165, 1.54) is 12.1 Å². The van der Waals surface area contributed by atoms with Crippen molar-refractivity contribution >= 4 is 0 Å². The topological polar surface area (TPSA) is 33.0 Å². The van der Waals surface area contributed by atoms with Crippen molar-refractivity contribution in [2.45, 2.75) is 62.7 Å². The number of benzene rings is 2. The molecule has 7 heteroatoms. The molecule has 2 aromatic carbocycles. The van der Waals surface area contributed by atoms with Crippen LogP contribution in [-0.4, -0.2) is 5.67 Å². The second kappa shape index (κ2) is 7.26. The molecule has 0 amide bonds. The van der Waals surface area contributed by atoms with Crippen LogP contribution in [0.1, 0.15) is 73.4 Å². The fourth-order valence-electron chi connectivity index (χ4n) is 4.76. The van der Waals surface area contributed by atoms with E-state index in [9.17, 15) is 8.78 Å². The number of unbranched alkanes of at least 4 members (excludes halogenated alkanes) is 1. The largest absolute Gasteiger partial charge is 0.457 e. The van der Waals surface area contributed by atoms with Crippen molar-refractivity contribution in [3.63, 3.8) is 0 Å². The molecule has 2 aliphatic carbocycles. The molecule has 0 radical (unpaired) electrons. The van der Waals surface area contributed by atoms with E-state index in [0.717, 1.165) is 18.2 Å². The molecule has 30 heavy (non-hydrogen) atoms. The molecule has 0 fully saturated rings.